The fraction of sp³-hybridized carbons (Fsp3) is 0.250. The van der Waals surface area contributed by atoms with Crippen molar-refractivity contribution in [3.05, 3.63) is 46.0 Å². The fourth-order valence-electron chi connectivity index (χ4n) is 1.46. The molecule has 0 bridgehead atoms. The number of allylic oxidation sites excluding steroid dienone is 2. The monoisotopic (exact) mass is 297 g/mol. The molecule has 0 spiro atoms. The molecular formula is C12H15N3O4S. The van der Waals surface area contributed by atoms with Crippen LogP contribution < -0.4 is 4.83 Å². The SMILES string of the molecule is CC/C=C(C)/C=N/NS(=O)(=O)c1ccccc1[N+](=O)[O-]. The molecule has 0 atom stereocenters. The molecule has 0 saturated carbocycles. The van der Waals surface area contributed by atoms with Crippen LogP contribution in [0.5, 0.6) is 0 Å². The Balaban J connectivity index is 3.01. The Kier molecular flexibility index (Phi) is 5.39. The first kappa shape index (κ1) is 15.8. The van der Waals surface area contributed by atoms with Crippen molar-refractivity contribution in [2.24, 2.45) is 5.10 Å². The third kappa shape index (κ3) is 4.16. The Morgan fingerprint density at radius 1 is 1.45 bits per heavy atom. The number of hydrogen-bond acceptors (Lipinski definition) is 5. The highest BCUT2D eigenvalue weighted by atomic mass is 32.2. The van der Waals surface area contributed by atoms with Crippen molar-refractivity contribution >= 4 is 21.9 Å². The van der Waals surface area contributed by atoms with Crippen LogP contribution in [0.1, 0.15) is 20.3 Å². The lowest BCUT2D eigenvalue weighted by atomic mass is 10.3. The molecule has 1 N–H and O–H groups in total. The first-order valence-corrected chi connectivity index (χ1v) is 7.32. The summed E-state index contributed by atoms with van der Waals surface area (Å²) in [5, 5.41) is 14.4. The largest absolute Gasteiger partial charge is 0.289 e. The summed E-state index contributed by atoms with van der Waals surface area (Å²) in [6.45, 7) is 3.71. The van der Waals surface area contributed by atoms with Gasteiger partial charge in [-0.2, -0.15) is 18.4 Å². The molecule has 7 nitrogen and oxygen atoms in total. The van der Waals surface area contributed by atoms with Crippen LogP contribution in [0.4, 0.5) is 5.69 Å². The van der Waals surface area contributed by atoms with Crippen LogP contribution in [0.25, 0.3) is 0 Å². The summed E-state index contributed by atoms with van der Waals surface area (Å²) in [7, 11) is -4.06. The second-order valence-corrected chi connectivity index (χ2v) is 5.56. The van der Waals surface area contributed by atoms with Gasteiger partial charge in [-0.15, -0.1) is 0 Å². The Morgan fingerprint density at radius 3 is 2.70 bits per heavy atom. The summed E-state index contributed by atoms with van der Waals surface area (Å²) < 4.78 is 23.9. The van der Waals surface area contributed by atoms with Gasteiger partial charge in [0, 0.05) is 6.07 Å². The van der Waals surface area contributed by atoms with E-state index in [1.807, 2.05) is 17.8 Å². The number of nitro benzene ring substituents is 1. The molecule has 0 unspecified atom stereocenters. The average Bonchev–Trinajstić information content (AvgIpc) is 2.38. The summed E-state index contributed by atoms with van der Waals surface area (Å²) in [5.74, 6) is 0. The number of nitrogens with zero attached hydrogens (tertiary/aromatic N) is 2. The summed E-state index contributed by atoms with van der Waals surface area (Å²) >= 11 is 0. The minimum Gasteiger partial charge on any atom is -0.258 e. The van der Waals surface area contributed by atoms with Crippen molar-refractivity contribution in [2.45, 2.75) is 25.2 Å². The molecule has 0 amide bonds. The van der Waals surface area contributed by atoms with Crippen LogP contribution >= 0.6 is 0 Å². The van der Waals surface area contributed by atoms with Crippen molar-refractivity contribution < 1.29 is 13.3 Å². The summed E-state index contributed by atoms with van der Waals surface area (Å²) in [6.07, 6.45) is 4.01. The van der Waals surface area contributed by atoms with Gasteiger partial charge in [-0.1, -0.05) is 25.1 Å². The predicted molar refractivity (Wildman–Crippen MR) is 76.0 cm³/mol. The van der Waals surface area contributed by atoms with E-state index in [2.05, 4.69) is 5.10 Å². The molecule has 108 valence electrons. The molecule has 1 rings (SSSR count). The topological polar surface area (TPSA) is 102 Å². The number of rotatable bonds is 6. The van der Waals surface area contributed by atoms with Gasteiger partial charge < -0.3 is 0 Å². The minimum atomic E-state index is -4.06. The maximum absolute atomic E-state index is 11.9. The summed E-state index contributed by atoms with van der Waals surface area (Å²) in [6, 6.07) is 5.09. The van der Waals surface area contributed by atoms with Crippen LogP contribution in [-0.4, -0.2) is 19.6 Å². The molecule has 1 aromatic carbocycles. The molecule has 0 aromatic heterocycles. The maximum atomic E-state index is 11.9. The molecule has 1 aromatic rings. The van der Waals surface area contributed by atoms with Crippen molar-refractivity contribution in [3.8, 4) is 0 Å². The van der Waals surface area contributed by atoms with Crippen molar-refractivity contribution in [1.29, 1.82) is 0 Å². The molecule has 0 heterocycles. The van der Waals surface area contributed by atoms with Crippen molar-refractivity contribution in [1.82, 2.24) is 4.83 Å². The average molecular weight is 297 g/mol. The summed E-state index contributed by atoms with van der Waals surface area (Å²) in [4.78, 5) is 11.6. The zero-order valence-electron chi connectivity index (χ0n) is 11.1. The highest BCUT2D eigenvalue weighted by Crippen LogP contribution is 2.22. The molecule has 0 aliphatic carbocycles. The van der Waals surface area contributed by atoms with Gasteiger partial charge in [0.15, 0.2) is 4.90 Å². The highest BCUT2D eigenvalue weighted by molar-refractivity contribution is 7.89. The molecule has 0 fully saturated rings. The molecule has 20 heavy (non-hydrogen) atoms. The number of benzene rings is 1. The second-order valence-electron chi connectivity index (χ2n) is 3.93. The van der Waals surface area contributed by atoms with Gasteiger partial charge >= 0.3 is 0 Å². The molecule has 0 aliphatic heterocycles. The third-order valence-electron chi connectivity index (χ3n) is 2.32. The predicted octanol–water partition coefficient (Wildman–Crippen LogP) is 2.22. The Morgan fingerprint density at radius 2 is 2.10 bits per heavy atom. The lowest BCUT2D eigenvalue weighted by Gasteiger charge is -2.03. The maximum Gasteiger partial charge on any atom is 0.289 e. The second kappa shape index (κ2) is 6.80. The zero-order chi connectivity index (χ0) is 15.2. The van der Waals surface area contributed by atoms with Gasteiger partial charge in [-0.05, 0) is 25.0 Å². The normalized spacial score (nSPS) is 12.6. The molecule has 0 radical (unpaired) electrons. The lowest BCUT2D eigenvalue weighted by molar-refractivity contribution is -0.387. The van der Waals surface area contributed by atoms with Crippen LogP contribution in [0.15, 0.2) is 45.9 Å². The van der Waals surface area contributed by atoms with Gasteiger partial charge in [0.25, 0.3) is 15.7 Å². The molecular weight excluding hydrogens is 282 g/mol. The smallest absolute Gasteiger partial charge is 0.258 e. The fourth-order valence-corrected chi connectivity index (χ4v) is 2.42. The number of nitro groups is 1. The zero-order valence-corrected chi connectivity index (χ0v) is 11.9. The number of hydrazone groups is 1. The third-order valence-corrected chi connectivity index (χ3v) is 3.59. The lowest BCUT2D eigenvalue weighted by Crippen LogP contribution is -2.19. The van der Waals surface area contributed by atoms with Gasteiger partial charge in [0.1, 0.15) is 0 Å². The van der Waals surface area contributed by atoms with Crippen LogP contribution in [-0.2, 0) is 10.0 Å². The van der Waals surface area contributed by atoms with E-state index in [1.54, 1.807) is 6.92 Å². The van der Waals surface area contributed by atoms with E-state index in [4.69, 9.17) is 0 Å². The van der Waals surface area contributed by atoms with Crippen molar-refractivity contribution in [2.75, 3.05) is 0 Å². The van der Waals surface area contributed by atoms with Crippen LogP contribution in [0.3, 0.4) is 0 Å². The molecule has 0 saturated heterocycles. The molecule has 8 heteroatoms. The van der Waals surface area contributed by atoms with E-state index in [1.165, 1.54) is 18.3 Å². The first-order valence-electron chi connectivity index (χ1n) is 5.83. The standard InChI is InChI=1S/C12H15N3O4S/c1-3-6-10(2)9-13-14-20(18,19)12-8-5-4-7-11(12)15(16)17/h4-9,14H,3H2,1-2H3/b10-6+,13-9+. The van der Waals surface area contributed by atoms with E-state index in [0.717, 1.165) is 24.1 Å². The van der Waals surface area contributed by atoms with E-state index < -0.39 is 25.5 Å². The van der Waals surface area contributed by atoms with E-state index in [-0.39, 0.29) is 0 Å². The minimum absolute atomic E-state index is 0.417. The number of sulfonamides is 1. The van der Waals surface area contributed by atoms with Crippen molar-refractivity contribution in [3.63, 3.8) is 0 Å². The Hall–Kier alpha value is -2.22. The van der Waals surface area contributed by atoms with E-state index in [9.17, 15) is 18.5 Å². The Bertz CT molecular complexity index is 650. The highest BCUT2D eigenvalue weighted by Gasteiger charge is 2.24. The van der Waals surface area contributed by atoms with E-state index in [0.29, 0.717) is 0 Å². The van der Waals surface area contributed by atoms with Gasteiger partial charge in [0.2, 0.25) is 0 Å². The van der Waals surface area contributed by atoms with E-state index >= 15 is 0 Å². The van der Waals surface area contributed by atoms with Gasteiger partial charge in [-0.3, -0.25) is 10.1 Å². The van der Waals surface area contributed by atoms with Gasteiger partial charge in [0.05, 0.1) is 11.1 Å². The summed E-state index contributed by atoms with van der Waals surface area (Å²) in [5.41, 5.74) is 0.300. The number of hydrogen-bond donors (Lipinski definition) is 1. The Labute approximate surface area is 117 Å². The van der Waals surface area contributed by atoms with Crippen LogP contribution in [0.2, 0.25) is 0 Å². The molecule has 0 aliphatic rings. The number of para-hydroxylation sites is 1. The van der Waals surface area contributed by atoms with Crippen LogP contribution in [0, 0.1) is 10.1 Å². The first-order chi connectivity index (χ1) is 9.38. The quantitative estimate of drug-likeness (QED) is 0.494. The number of nitrogens with one attached hydrogen (secondary N) is 1. The van der Waals surface area contributed by atoms with Gasteiger partial charge in [-0.25, -0.2) is 0 Å².